The monoisotopic (exact) mass is 432 g/mol. The van der Waals surface area contributed by atoms with Gasteiger partial charge in [-0.25, -0.2) is 0 Å². The first-order chi connectivity index (χ1) is 13.7. The molecule has 29 heavy (non-hydrogen) atoms. The molecule has 0 radical (unpaired) electrons. The Morgan fingerprint density at radius 1 is 0.586 bits per heavy atom. The average molecular weight is 433 g/mol. The zero-order valence-corrected chi connectivity index (χ0v) is 21.6. The minimum Gasteiger partial charge on any atom is -0.355 e. The zero-order chi connectivity index (χ0) is 22.1. The SMILES string of the molecule is CCCCCOCOCCCC(C)CC(C)CC(C)CC(C)CC(C)CC(C)Cl. The summed E-state index contributed by atoms with van der Waals surface area (Å²) in [5.74, 6) is 3.97. The van der Waals surface area contributed by atoms with Gasteiger partial charge in [0.05, 0.1) is 0 Å². The normalized spacial score (nSPS) is 18.2. The van der Waals surface area contributed by atoms with Crippen LogP contribution in [0.5, 0.6) is 0 Å². The highest BCUT2D eigenvalue weighted by Crippen LogP contribution is 2.29. The zero-order valence-electron chi connectivity index (χ0n) is 20.9. The van der Waals surface area contributed by atoms with Gasteiger partial charge in [-0.1, -0.05) is 54.4 Å². The molecule has 0 aromatic rings. The Bertz CT molecular complexity index is 348. The summed E-state index contributed by atoms with van der Waals surface area (Å²) >= 11 is 6.15. The van der Waals surface area contributed by atoms with Crippen LogP contribution >= 0.6 is 11.6 Å². The predicted octanol–water partition coefficient (Wildman–Crippen LogP) is 8.71. The summed E-state index contributed by atoms with van der Waals surface area (Å²) < 4.78 is 11.1. The summed E-state index contributed by atoms with van der Waals surface area (Å²) in [6.45, 7) is 18.5. The van der Waals surface area contributed by atoms with E-state index in [1.807, 2.05) is 0 Å². The van der Waals surface area contributed by atoms with Crippen molar-refractivity contribution in [1.82, 2.24) is 0 Å². The summed E-state index contributed by atoms with van der Waals surface area (Å²) in [5, 5.41) is 0.305. The summed E-state index contributed by atoms with van der Waals surface area (Å²) in [7, 11) is 0. The predicted molar refractivity (Wildman–Crippen MR) is 130 cm³/mol. The molecule has 0 rings (SSSR count). The van der Waals surface area contributed by atoms with Crippen LogP contribution in [0.25, 0.3) is 0 Å². The number of alkyl halides is 1. The molecule has 0 aliphatic rings. The fourth-order valence-electron chi connectivity index (χ4n) is 4.97. The first kappa shape index (κ1) is 29.2. The van der Waals surface area contributed by atoms with Gasteiger partial charge in [-0.15, -0.1) is 11.6 Å². The lowest BCUT2D eigenvalue weighted by Crippen LogP contribution is -2.13. The van der Waals surface area contributed by atoms with E-state index in [9.17, 15) is 0 Å². The Labute approximate surface area is 188 Å². The second-order valence-electron chi connectivity index (χ2n) is 10.3. The molecule has 0 aliphatic carbocycles. The largest absolute Gasteiger partial charge is 0.355 e. The van der Waals surface area contributed by atoms with Crippen LogP contribution in [0.3, 0.4) is 0 Å². The maximum absolute atomic E-state index is 6.15. The van der Waals surface area contributed by atoms with Crippen molar-refractivity contribution in [2.24, 2.45) is 29.6 Å². The topological polar surface area (TPSA) is 18.5 Å². The van der Waals surface area contributed by atoms with Crippen molar-refractivity contribution in [1.29, 1.82) is 0 Å². The lowest BCUT2D eigenvalue weighted by Gasteiger charge is -2.24. The van der Waals surface area contributed by atoms with Gasteiger partial charge in [-0.05, 0) is 87.9 Å². The maximum Gasteiger partial charge on any atom is 0.146 e. The van der Waals surface area contributed by atoms with E-state index >= 15 is 0 Å². The molecular formula is C26H53ClO2. The van der Waals surface area contributed by atoms with Gasteiger partial charge in [0, 0.05) is 18.6 Å². The summed E-state index contributed by atoms with van der Waals surface area (Å²) in [6, 6.07) is 0. The van der Waals surface area contributed by atoms with Crippen LogP contribution in [0.2, 0.25) is 0 Å². The number of unbranched alkanes of at least 4 members (excludes halogenated alkanes) is 2. The lowest BCUT2D eigenvalue weighted by molar-refractivity contribution is -0.0561. The van der Waals surface area contributed by atoms with E-state index in [1.165, 1.54) is 44.9 Å². The van der Waals surface area contributed by atoms with Gasteiger partial charge < -0.3 is 9.47 Å². The Morgan fingerprint density at radius 2 is 1.03 bits per heavy atom. The van der Waals surface area contributed by atoms with E-state index in [0.29, 0.717) is 12.2 Å². The van der Waals surface area contributed by atoms with Crippen molar-refractivity contribution in [2.45, 2.75) is 118 Å². The number of ether oxygens (including phenoxy) is 2. The van der Waals surface area contributed by atoms with Crippen molar-refractivity contribution in [3.63, 3.8) is 0 Å². The van der Waals surface area contributed by atoms with E-state index in [4.69, 9.17) is 21.1 Å². The van der Waals surface area contributed by atoms with Crippen LogP contribution in [-0.4, -0.2) is 25.4 Å². The van der Waals surface area contributed by atoms with Gasteiger partial charge in [0.15, 0.2) is 0 Å². The smallest absolute Gasteiger partial charge is 0.146 e. The standard InChI is InChI=1S/C26H53ClO2/c1-8-9-10-13-28-20-29-14-11-12-21(2)15-22(3)16-23(4)17-24(5)18-25(6)19-26(7)27/h21-26H,8-20H2,1-7H3. The van der Waals surface area contributed by atoms with Crippen molar-refractivity contribution >= 4 is 11.6 Å². The van der Waals surface area contributed by atoms with Crippen LogP contribution in [0.1, 0.15) is 113 Å². The molecule has 2 nitrogen and oxygen atoms in total. The van der Waals surface area contributed by atoms with E-state index in [1.54, 1.807) is 0 Å². The molecule has 0 amide bonds. The Kier molecular flexibility index (Phi) is 19.1. The fraction of sp³-hybridized carbons (Fsp3) is 1.00. The molecule has 0 aromatic heterocycles. The van der Waals surface area contributed by atoms with Gasteiger partial charge >= 0.3 is 0 Å². The molecular weight excluding hydrogens is 380 g/mol. The van der Waals surface area contributed by atoms with Crippen molar-refractivity contribution in [2.75, 3.05) is 20.0 Å². The van der Waals surface area contributed by atoms with E-state index < -0.39 is 0 Å². The third-order valence-electron chi connectivity index (χ3n) is 5.99. The number of hydrogen-bond donors (Lipinski definition) is 0. The summed E-state index contributed by atoms with van der Waals surface area (Å²) in [5.41, 5.74) is 0. The second kappa shape index (κ2) is 18.9. The van der Waals surface area contributed by atoms with Crippen LogP contribution in [0.15, 0.2) is 0 Å². The molecule has 0 bridgehead atoms. The van der Waals surface area contributed by atoms with Gasteiger partial charge in [-0.3, -0.25) is 0 Å². The van der Waals surface area contributed by atoms with Gasteiger partial charge in [0.2, 0.25) is 0 Å². The minimum absolute atomic E-state index is 0.305. The number of hydrogen-bond acceptors (Lipinski definition) is 2. The number of halogens is 1. The average Bonchev–Trinajstić information content (AvgIpc) is 2.58. The minimum atomic E-state index is 0.305. The molecule has 0 heterocycles. The van der Waals surface area contributed by atoms with E-state index in [0.717, 1.165) is 62.1 Å². The van der Waals surface area contributed by atoms with Gasteiger partial charge in [0.25, 0.3) is 0 Å². The molecule has 0 N–H and O–H groups in total. The number of rotatable bonds is 20. The first-order valence-corrected chi connectivity index (χ1v) is 13.0. The summed E-state index contributed by atoms with van der Waals surface area (Å²) in [6.07, 6.45) is 12.6. The summed E-state index contributed by atoms with van der Waals surface area (Å²) in [4.78, 5) is 0. The quantitative estimate of drug-likeness (QED) is 0.109. The molecule has 0 aromatic carbocycles. The molecule has 6 unspecified atom stereocenters. The molecule has 176 valence electrons. The Balaban J connectivity index is 3.74. The van der Waals surface area contributed by atoms with Gasteiger partial charge in [-0.2, -0.15) is 0 Å². The molecule has 0 aliphatic heterocycles. The third kappa shape index (κ3) is 19.9. The molecule has 6 atom stereocenters. The Hall–Kier alpha value is 0.210. The van der Waals surface area contributed by atoms with Crippen molar-refractivity contribution in [3.05, 3.63) is 0 Å². The first-order valence-electron chi connectivity index (χ1n) is 12.5. The molecule has 3 heteroatoms. The molecule has 0 fully saturated rings. The lowest BCUT2D eigenvalue weighted by atomic mass is 9.82. The van der Waals surface area contributed by atoms with E-state index in [2.05, 4.69) is 48.5 Å². The molecule has 0 saturated heterocycles. The Morgan fingerprint density at radius 3 is 1.52 bits per heavy atom. The third-order valence-corrected chi connectivity index (χ3v) is 6.17. The van der Waals surface area contributed by atoms with E-state index in [-0.39, 0.29) is 0 Å². The molecule has 0 saturated carbocycles. The maximum atomic E-state index is 6.15. The highest BCUT2D eigenvalue weighted by atomic mass is 35.5. The van der Waals surface area contributed by atoms with Crippen molar-refractivity contribution in [3.8, 4) is 0 Å². The van der Waals surface area contributed by atoms with Crippen LogP contribution in [-0.2, 0) is 9.47 Å². The fourth-order valence-corrected chi connectivity index (χ4v) is 5.27. The highest BCUT2D eigenvalue weighted by molar-refractivity contribution is 6.20. The van der Waals surface area contributed by atoms with Gasteiger partial charge in [0.1, 0.15) is 6.79 Å². The van der Waals surface area contributed by atoms with Crippen LogP contribution in [0.4, 0.5) is 0 Å². The highest BCUT2D eigenvalue weighted by Gasteiger charge is 2.17. The second-order valence-corrected chi connectivity index (χ2v) is 11.0. The van der Waals surface area contributed by atoms with Crippen LogP contribution in [0, 0.1) is 29.6 Å². The molecule has 0 spiro atoms. The van der Waals surface area contributed by atoms with Crippen molar-refractivity contribution < 1.29 is 9.47 Å². The van der Waals surface area contributed by atoms with Crippen LogP contribution < -0.4 is 0 Å².